The highest BCUT2D eigenvalue weighted by molar-refractivity contribution is 5.99. The Bertz CT molecular complexity index is 561. The van der Waals surface area contributed by atoms with Gasteiger partial charge in [-0.05, 0) is 38.1 Å². The Morgan fingerprint density at radius 3 is 2.68 bits per heavy atom. The average Bonchev–Trinajstić information content (AvgIpc) is 2.83. The summed E-state index contributed by atoms with van der Waals surface area (Å²) in [6.07, 6.45) is 0. The number of furan rings is 1. The van der Waals surface area contributed by atoms with Crippen LogP contribution in [-0.2, 0) is 6.54 Å². The molecule has 0 atom stereocenters. The number of para-hydroxylation sites is 1. The van der Waals surface area contributed by atoms with Crippen molar-refractivity contribution in [1.82, 2.24) is 5.32 Å². The summed E-state index contributed by atoms with van der Waals surface area (Å²) in [5, 5.41) is 6.03. The molecule has 0 bridgehead atoms. The minimum absolute atomic E-state index is 0.106. The first-order valence-electron chi connectivity index (χ1n) is 6.37. The quantitative estimate of drug-likeness (QED) is 0.867. The molecular formula is C15H18N2O2. The van der Waals surface area contributed by atoms with E-state index in [9.17, 15) is 4.79 Å². The Hall–Kier alpha value is -2.23. The zero-order valence-corrected chi connectivity index (χ0v) is 11.2. The first-order valence-corrected chi connectivity index (χ1v) is 6.37. The summed E-state index contributed by atoms with van der Waals surface area (Å²) >= 11 is 0. The van der Waals surface area contributed by atoms with Crippen molar-refractivity contribution in [2.24, 2.45) is 0 Å². The molecule has 0 unspecified atom stereocenters. The van der Waals surface area contributed by atoms with Crippen molar-refractivity contribution in [1.29, 1.82) is 0 Å². The van der Waals surface area contributed by atoms with Crippen molar-refractivity contribution in [3.63, 3.8) is 0 Å². The Morgan fingerprint density at radius 1 is 1.21 bits per heavy atom. The van der Waals surface area contributed by atoms with Crippen molar-refractivity contribution in [3.05, 3.63) is 53.5 Å². The number of nitrogens with one attached hydrogen (secondary N) is 2. The number of anilines is 1. The van der Waals surface area contributed by atoms with Gasteiger partial charge in [0.1, 0.15) is 11.5 Å². The highest BCUT2D eigenvalue weighted by atomic mass is 16.3. The zero-order chi connectivity index (χ0) is 13.7. The summed E-state index contributed by atoms with van der Waals surface area (Å²) in [6, 6.07) is 11.2. The summed E-state index contributed by atoms with van der Waals surface area (Å²) in [6.45, 7) is 5.06. The molecule has 0 spiro atoms. The van der Waals surface area contributed by atoms with Crippen LogP contribution >= 0.6 is 0 Å². The summed E-state index contributed by atoms with van der Waals surface area (Å²) < 4.78 is 5.42. The molecule has 100 valence electrons. The van der Waals surface area contributed by atoms with Gasteiger partial charge in [-0.2, -0.15) is 0 Å². The van der Waals surface area contributed by atoms with Crippen LogP contribution in [0, 0.1) is 6.92 Å². The van der Waals surface area contributed by atoms with Crippen LogP contribution in [0.25, 0.3) is 0 Å². The SMILES string of the molecule is CCNc1ccccc1C(=O)NCc1ccc(C)o1. The van der Waals surface area contributed by atoms with E-state index in [1.54, 1.807) is 6.07 Å². The molecule has 0 saturated heterocycles. The number of hydrogen-bond acceptors (Lipinski definition) is 3. The van der Waals surface area contributed by atoms with Gasteiger partial charge in [0.05, 0.1) is 12.1 Å². The van der Waals surface area contributed by atoms with Crippen LogP contribution in [0.15, 0.2) is 40.8 Å². The van der Waals surface area contributed by atoms with E-state index in [0.717, 1.165) is 23.8 Å². The van der Waals surface area contributed by atoms with E-state index in [0.29, 0.717) is 12.1 Å². The second-order valence-corrected chi connectivity index (χ2v) is 4.27. The second-order valence-electron chi connectivity index (χ2n) is 4.27. The minimum atomic E-state index is -0.106. The summed E-state index contributed by atoms with van der Waals surface area (Å²) in [5.74, 6) is 1.50. The lowest BCUT2D eigenvalue weighted by Crippen LogP contribution is -2.23. The molecule has 0 radical (unpaired) electrons. The first-order chi connectivity index (χ1) is 9.20. The van der Waals surface area contributed by atoms with Crippen molar-refractivity contribution < 1.29 is 9.21 Å². The van der Waals surface area contributed by atoms with Crippen molar-refractivity contribution in [2.75, 3.05) is 11.9 Å². The molecule has 2 rings (SSSR count). The second kappa shape index (κ2) is 6.09. The largest absolute Gasteiger partial charge is 0.465 e. The standard InChI is InChI=1S/C15H18N2O2/c1-3-16-14-7-5-4-6-13(14)15(18)17-10-12-9-8-11(2)19-12/h4-9,16H,3,10H2,1-2H3,(H,17,18). The van der Waals surface area contributed by atoms with Gasteiger partial charge in [0, 0.05) is 12.2 Å². The molecule has 0 saturated carbocycles. The molecule has 4 heteroatoms. The lowest BCUT2D eigenvalue weighted by atomic mass is 10.1. The van der Waals surface area contributed by atoms with Gasteiger partial charge < -0.3 is 15.1 Å². The highest BCUT2D eigenvalue weighted by Crippen LogP contribution is 2.15. The Kier molecular flexibility index (Phi) is 4.23. The van der Waals surface area contributed by atoms with Gasteiger partial charge in [0.15, 0.2) is 0 Å². The van der Waals surface area contributed by atoms with Crippen molar-refractivity contribution in [3.8, 4) is 0 Å². The van der Waals surface area contributed by atoms with Crippen LogP contribution in [0.5, 0.6) is 0 Å². The van der Waals surface area contributed by atoms with Crippen molar-refractivity contribution in [2.45, 2.75) is 20.4 Å². The predicted octanol–water partition coefficient (Wildman–Crippen LogP) is 2.95. The normalized spacial score (nSPS) is 10.2. The maximum atomic E-state index is 12.1. The van der Waals surface area contributed by atoms with E-state index in [2.05, 4.69) is 10.6 Å². The van der Waals surface area contributed by atoms with Gasteiger partial charge in [0.2, 0.25) is 0 Å². The predicted molar refractivity (Wildman–Crippen MR) is 75.2 cm³/mol. The zero-order valence-electron chi connectivity index (χ0n) is 11.2. The van der Waals surface area contributed by atoms with E-state index in [1.807, 2.05) is 44.2 Å². The molecule has 19 heavy (non-hydrogen) atoms. The van der Waals surface area contributed by atoms with E-state index in [-0.39, 0.29) is 5.91 Å². The summed E-state index contributed by atoms with van der Waals surface area (Å²) in [5.41, 5.74) is 1.49. The van der Waals surface area contributed by atoms with Crippen LogP contribution in [0.2, 0.25) is 0 Å². The third-order valence-electron chi connectivity index (χ3n) is 2.76. The van der Waals surface area contributed by atoms with Gasteiger partial charge in [-0.25, -0.2) is 0 Å². The molecule has 2 aromatic rings. The molecule has 4 nitrogen and oxygen atoms in total. The third-order valence-corrected chi connectivity index (χ3v) is 2.76. The Labute approximate surface area is 112 Å². The average molecular weight is 258 g/mol. The van der Waals surface area contributed by atoms with Crippen LogP contribution in [-0.4, -0.2) is 12.5 Å². The number of benzene rings is 1. The molecule has 1 aromatic carbocycles. The summed E-state index contributed by atoms with van der Waals surface area (Å²) in [4.78, 5) is 12.1. The van der Waals surface area contributed by atoms with E-state index < -0.39 is 0 Å². The van der Waals surface area contributed by atoms with Crippen LogP contribution in [0.4, 0.5) is 5.69 Å². The Balaban J connectivity index is 2.03. The molecule has 1 amide bonds. The topological polar surface area (TPSA) is 54.3 Å². The molecule has 2 N–H and O–H groups in total. The molecule has 0 fully saturated rings. The molecule has 0 aliphatic carbocycles. The van der Waals surface area contributed by atoms with Gasteiger partial charge in [-0.1, -0.05) is 12.1 Å². The lowest BCUT2D eigenvalue weighted by molar-refractivity contribution is 0.0948. The van der Waals surface area contributed by atoms with E-state index >= 15 is 0 Å². The smallest absolute Gasteiger partial charge is 0.253 e. The lowest BCUT2D eigenvalue weighted by Gasteiger charge is -2.10. The van der Waals surface area contributed by atoms with E-state index in [4.69, 9.17) is 4.42 Å². The molecule has 0 aliphatic heterocycles. The third kappa shape index (κ3) is 3.37. The fourth-order valence-electron chi connectivity index (χ4n) is 1.87. The van der Waals surface area contributed by atoms with Gasteiger partial charge in [-0.3, -0.25) is 4.79 Å². The fourth-order valence-corrected chi connectivity index (χ4v) is 1.87. The minimum Gasteiger partial charge on any atom is -0.465 e. The van der Waals surface area contributed by atoms with E-state index in [1.165, 1.54) is 0 Å². The van der Waals surface area contributed by atoms with Gasteiger partial charge in [-0.15, -0.1) is 0 Å². The maximum absolute atomic E-state index is 12.1. The monoisotopic (exact) mass is 258 g/mol. The molecule has 1 aromatic heterocycles. The first kappa shape index (κ1) is 13.2. The molecular weight excluding hydrogens is 240 g/mol. The van der Waals surface area contributed by atoms with Crippen LogP contribution in [0.1, 0.15) is 28.8 Å². The Morgan fingerprint density at radius 2 is 2.00 bits per heavy atom. The van der Waals surface area contributed by atoms with Gasteiger partial charge in [0.25, 0.3) is 5.91 Å². The molecule has 1 heterocycles. The van der Waals surface area contributed by atoms with Crippen molar-refractivity contribution >= 4 is 11.6 Å². The number of amides is 1. The van der Waals surface area contributed by atoms with Gasteiger partial charge >= 0.3 is 0 Å². The maximum Gasteiger partial charge on any atom is 0.253 e. The number of carbonyl (C=O) groups is 1. The number of hydrogen-bond donors (Lipinski definition) is 2. The number of carbonyl (C=O) groups excluding carboxylic acids is 1. The van der Waals surface area contributed by atoms with Crippen LogP contribution < -0.4 is 10.6 Å². The number of rotatable bonds is 5. The molecule has 0 aliphatic rings. The highest BCUT2D eigenvalue weighted by Gasteiger charge is 2.10. The fraction of sp³-hybridized carbons (Fsp3) is 0.267. The van der Waals surface area contributed by atoms with Crippen LogP contribution in [0.3, 0.4) is 0 Å². The number of aryl methyl sites for hydroxylation is 1. The summed E-state index contributed by atoms with van der Waals surface area (Å²) in [7, 11) is 0.